The van der Waals surface area contributed by atoms with E-state index in [-0.39, 0.29) is 0 Å². The van der Waals surface area contributed by atoms with E-state index in [1.807, 2.05) is 74.8 Å². The van der Waals surface area contributed by atoms with Gasteiger partial charge in [-0.25, -0.2) is 15.0 Å². The van der Waals surface area contributed by atoms with Crippen molar-refractivity contribution < 1.29 is 0 Å². The Kier molecular flexibility index (Phi) is 7.01. The van der Waals surface area contributed by atoms with Gasteiger partial charge < -0.3 is 10.6 Å². The highest BCUT2D eigenvalue weighted by Gasteiger charge is 2.13. The van der Waals surface area contributed by atoms with Gasteiger partial charge in [0.05, 0.1) is 0 Å². The summed E-state index contributed by atoms with van der Waals surface area (Å²) < 4.78 is 0. The van der Waals surface area contributed by atoms with Crippen molar-refractivity contribution in [1.82, 2.24) is 15.0 Å². The summed E-state index contributed by atoms with van der Waals surface area (Å²) in [5.74, 6) is 1.96. The van der Waals surface area contributed by atoms with Crippen LogP contribution >= 0.6 is 0 Å². The third kappa shape index (κ3) is 5.18. The molecule has 0 atom stereocenters. The Balaban J connectivity index is 1.39. The number of hydrogen-bond donors (Lipinski definition) is 2. The van der Waals surface area contributed by atoms with E-state index in [0.29, 0.717) is 17.5 Å². The summed E-state index contributed by atoms with van der Waals surface area (Å²) >= 11 is 0. The van der Waals surface area contributed by atoms with Crippen LogP contribution in [0.1, 0.15) is 0 Å². The zero-order valence-corrected chi connectivity index (χ0v) is 22.5. The predicted molar refractivity (Wildman–Crippen MR) is 166 cm³/mol. The molecule has 194 valence electrons. The third-order valence-electron chi connectivity index (χ3n) is 6.95. The van der Waals surface area contributed by atoms with E-state index in [9.17, 15) is 0 Å². The molecule has 6 aromatic rings. The smallest absolute Gasteiger partial charge is 0.164 e. The monoisotopic (exact) mass is 519 g/mol. The van der Waals surface area contributed by atoms with Gasteiger partial charge in [0.15, 0.2) is 17.5 Å². The van der Waals surface area contributed by atoms with E-state index in [1.165, 1.54) is 11.1 Å². The summed E-state index contributed by atoms with van der Waals surface area (Å²) in [6.07, 6.45) is 0. The van der Waals surface area contributed by atoms with Crippen LogP contribution in [0.15, 0.2) is 127 Å². The van der Waals surface area contributed by atoms with Crippen molar-refractivity contribution in [3.8, 4) is 56.4 Å². The molecule has 0 saturated carbocycles. The van der Waals surface area contributed by atoms with Crippen LogP contribution < -0.4 is 10.6 Å². The fraction of sp³-hybridized carbons (Fsp3) is 0.0571. The molecule has 0 unspecified atom stereocenters. The first-order valence-electron chi connectivity index (χ1n) is 13.3. The summed E-state index contributed by atoms with van der Waals surface area (Å²) in [6.45, 7) is 0. The fourth-order valence-electron chi connectivity index (χ4n) is 4.75. The Labute approximate surface area is 234 Å². The van der Waals surface area contributed by atoms with Crippen molar-refractivity contribution in [2.75, 3.05) is 24.7 Å². The van der Waals surface area contributed by atoms with Crippen LogP contribution in [0.2, 0.25) is 0 Å². The minimum atomic E-state index is 0.645. The average Bonchev–Trinajstić information content (AvgIpc) is 3.05. The van der Waals surface area contributed by atoms with Gasteiger partial charge in [-0.3, -0.25) is 0 Å². The van der Waals surface area contributed by atoms with Gasteiger partial charge in [-0.15, -0.1) is 0 Å². The molecule has 0 aliphatic rings. The Morgan fingerprint density at radius 1 is 0.400 bits per heavy atom. The quantitative estimate of drug-likeness (QED) is 0.222. The van der Waals surface area contributed by atoms with E-state index in [2.05, 4.69) is 77.4 Å². The van der Waals surface area contributed by atoms with E-state index < -0.39 is 0 Å². The molecule has 0 spiro atoms. The van der Waals surface area contributed by atoms with Gasteiger partial charge >= 0.3 is 0 Å². The predicted octanol–water partition coefficient (Wildman–Crippen LogP) is 8.29. The van der Waals surface area contributed by atoms with Crippen LogP contribution in [-0.4, -0.2) is 29.0 Å². The number of nitrogens with one attached hydrogen (secondary N) is 2. The molecule has 40 heavy (non-hydrogen) atoms. The molecule has 1 aromatic heterocycles. The maximum absolute atomic E-state index is 4.86. The second kappa shape index (κ2) is 11.2. The first-order chi connectivity index (χ1) is 19.7. The molecular weight excluding hydrogens is 490 g/mol. The number of nitrogens with zero attached hydrogens (tertiary/aromatic N) is 3. The van der Waals surface area contributed by atoms with Gasteiger partial charge in [0, 0.05) is 47.7 Å². The van der Waals surface area contributed by atoms with E-state index in [4.69, 9.17) is 15.0 Å². The summed E-state index contributed by atoms with van der Waals surface area (Å²) in [7, 11) is 3.88. The lowest BCUT2D eigenvalue weighted by Crippen LogP contribution is -2.00. The summed E-state index contributed by atoms with van der Waals surface area (Å²) in [6, 6.07) is 43.5. The van der Waals surface area contributed by atoms with Gasteiger partial charge in [-0.2, -0.15) is 0 Å². The Morgan fingerprint density at radius 2 is 0.850 bits per heavy atom. The molecule has 0 radical (unpaired) electrons. The van der Waals surface area contributed by atoms with Crippen molar-refractivity contribution in [1.29, 1.82) is 0 Å². The number of anilines is 2. The van der Waals surface area contributed by atoms with Gasteiger partial charge in [0.1, 0.15) is 0 Å². The minimum Gasteiger partial charge on any atom is -0.388 e. The molecule has 2 N–H and O–H groups in total. The molecule has 5 aromatic carbocycles. The van der Waals surface area contributed by atoms with Crippen molar-refractivity contribution in [2.45, 2.75) is 0 Å². The average molecular weight is 520 g/mol. The zero-order valence-electron chi connectivity index (χ0n) is 22.5. The molecule has 6 rings (SSSR count). The lowest BCUT2D eigenvalue weighted by Gasteiger charge is -2.13. The normalized spacial score (nSPS) is 10.8. The maximum Gasteiger partial charge on any atom is 0.164 e. The van der Waals surface area contributed by atoms with Crippen LogP contribution in [-0.2, 0) is 0 Å². The van der Waals surface area contributed by atoms with Crippen LogP contribution in [0.5, 0.6) is 0 Å². The molecule has 5 heteroatoms. The van der Waals surface area contributed by atoms with Crippen LogP contribution in [0.25, 0.3) is 56.4 Å². The Morgan fingerprint density at radius 3 is 1.35 bits per heavy atom. The highest BCUT2D eigenvalue weighted by Crippen LogP contribution is 2.34. The minimum absolute atomic E-state index is 0.645. The maximum atomic E-state index is 4.86. The molecule has 5 nitrogen and oxygen atoms in total. The molecule has 0 fully saturated rings. The van der Waals surface area contributed by atoms with Crippen molar-refractivity contribution in [2.24, 2.45) is 0 Å². The molecule has 0 aliphatic heterocycles. The van der Waals surface area contributed by atoms with Gasteiger partial charge in [0.2, 0.25) is 0 Å². The molecule has 0 amide bonds. The van der Waals surface area contributed by atoms with E-state index in [0.717, 1.165) is 39.2 Å². The fourth-order valence-corrected chi connectivity index (χ4v) is 4.75. The topological polar surface area (TPSA) is 62.7 Å². The summed E-state index contributed by atoms with van der Waals surface area (Å²) in [4.78, 5) is 14.5. The van der Waals surface area contributed by atoms with Crippen LogP contribution in [0.3, 0.4) is 0 Å². The van der Waals surface area contributed by atoms with Crippen molar-refractivity contribution in [3.05, 3.63) is 127 Å². The Hall–Kier alpha value is -5.29. The number of benzene rings is 5. The van der Waals surface area contributed by atoms with Crippen LogP contribution in [0, 0.1) is 0 Å². The van der Waals surface area contributed by atoms with Gasteiger partial charge in [-0.05, 0) is 41.0 Å². The summed E-state index contributed by atoms with van der Waals surface area (Å²) in [5, 5.41) is 6.53. The van der Waals surface area contributed by atoms with E-state index in [1.54, 1.807) is 0 Å². The zero-order chi connectivity index (χ0) is 27.3. The van der Waals surface area contributed by atoms with Gasteiger partial charge in [0.25, 0.3) is 0 Å². The number of rotatable bonds is 7. The lowest BCUT2D eigenvalue weighted by molar-refractivity contribution is 1.07. The molecule has 0 aliphatic carbocycles. The number of aromatic nitrogens is 3. The molecule has 0 saturated heterocycles. The van der Waals surface area contributed by atoms with Crippen molar-refractivity contribution >= 4 is 11.4 Å². The first kappa shape index (κ1) is 25.0. The first-order valence-corrected chi connectivity index (χ1v) is 13.3. The molecular formula is C35H29N5. The highest BCUT2D eigenvalue weighted by molar-refractivity contribution is 5.84. The standard InChI is InChI=1S/C35H29N5/c1-36-30-20-17-24(18-21-30)29-19-22-32(37-2)31(23-29)25-13-15-28(16-14-25)35-39-33(26-9-5-3-6-10-26)38-34(40-35)27-11-7-4-8-12-27/h3-23,36-37H,1-2H3. The molecule has 1 heterocycles. The summed E-state index contributed by atoms with van der Waals surface area (Å²) in [5.41, 5.74) is 9.60. The van der Waals surface area contributed by atoms with Gasteiger partial charge in [-0.1, -0.05) is 103 Å². The second-order valence-electron chi connectivity index (χ2n) is 9.45. The SMILES string of the molecule is CNc1ccc(-c2ccc(NC)c(-c3ccc(-c4nc(-c5ccccc5)nc(-c5ccccc5)n4)cc3)c2)cc1. The largest absolute Gasteiger partial charge is 0.388 e. The van der Waals surface area contributed by atoms with Crippen molar-refractivity contribution in [3.63, 3.8) is 0 Å². The lowest BCUT2D eigenvalue weighted by atomic mass is 9.96. The van der Waals surface area contributed by atoms with Crippen LogP contribution in [0.4, 0.5) is 11.4 Å². The highest BCUT2D eigenvalue weighted by atomic mass is 15.0. The van der Waals surface area contributed by atoms with E-state index >= 15 is 0 Å². The Bertz CT molecular complexity index is 1670. The third-order valence-corrected chi connectivity index (χ3v) is 6.95. The molecule has 0 bridgehead atoms. The number of hydrogen-bond acceptors (Lipinski definition) is 5. The second-order valence-corrected chi connectivity index (χ2v) is 9.45.